The third-order valence-corrected chi connectivity index (χ3v) is 4.42. The molecule has 22 heavy (non-hydrogen) atoms. The van der Waals surface area contributed by atoms with E-state index >= 15 is 0 Å². The minimum absolute atomic E-state index is 0.0822. The molecule has 1 amide bonds. The van der Waals surface area contributed by atoms with E-state index in [9.17, 15) is 4.79 Å². The van der Waals surface area contributed by atoms with Crippen molar-refractivity contribution in [3.05, 3.63) is 35.4 Å². The highest BCUT2D eigenvalue weighted by atomic mass is 16.2. The maximum Gasteiger partial charge on any atom is 0.247 e. The van der Waals surface area contributed by atoms with E-state index in [2.05, 4.69) is 15.3 Å². The Morgan fingerprint density at radius 3 is 3.00 bits per heavy atom. The molecule has 0 fully saturated rings. The van der Waals surface area contributed by atoms with Gasteiger partial charge in [-0.2, -0.15) is 10.2 Å². The van der Waals surface area contributed by atoms with Gasteiger partial charge in [0.05, 0.1) is 12.2 Å². The molecule has 0 aliphatic heterocycles. The van der Waals surface area contributed by atoms with Crippen LogP contribution < -0.4 is 0 Å². The van der Waals surface area contributed by atoms with E-state index in [1.165, 1.54) is 24.1 Å². The van der Waals surface area contributed by atoms with Crippen LogP contribution in [-0.4, -0.2) is 37.8 Å². The van der Waals surface area contributed by atoms with Crippen molar-refractivity contribution in [1.29, 1.82) is 0 Å². The van der Waals surface area contributed by atoms with Gasteiger partial charge in [-0.25, -0.2) is 0 Å². The minimum atomic E-state index is -0.241. The second kappa shape index (κ2) is 6.34. The highest BCUT2D eigenvalue weighted by molar-refractivity contribution is 5.80. The van der Waals surface area contributed by atoms with Crippen LogP contribution in [-0.2, 0) is 24.2 Å². The number of amides is 1. The Balaban J connectivity index is 1.72. The number of carbonyl (C=O) groups excluding carboxylic acids is 1. The summed E-state index contributed by atoms with van der Waals surface area (Å²) in [6.45, 7) is 2.57. The number of fused-ring (bicyclic) bond motifs is 1. The van der Waals surface area contributed by atoms with Crippen molar-refractivity contribution in [3.8, 4) is 0 Å². The van der Waals surface area contributed by atoms with Gasteiger partial charge in [-0.15, -0.1) is 0 Å². The summed E-state index contributed by atoms with van der Waals surface area (Å²) in [6.07, 6.45) is 8.85. The van der Waals surface area contributed by atoms with Gasteiger partial charge in [-0.05, 0) is 43.7 Å². The summed E-state index contributed by atoms with van der Waals surface area (Å²) in [7, 11) is 1.85. The molecule has 0 spiro atoms. The van der Waals surface area contributed by atoms with Gasteiger partial charge in [0.2, 0.25) is 5.91 Å². The molecule has 0 saturated heterocycles. The van der Waals surface area contributed by atoms with Gasteiger partial charge in [0.25, 0.3) is 0 Å². The molecule has 118 valence electrons. The van der Waals surface area contributed by atoms with E-state index in [4.69, 9.17) is 0 Å². The lowest BCUT2D eigenvalue weighted by Crippen LogP contribution is -2.34. The molecule has 1 aliphatic rings. The number of hydrogen-bond acceptors (Lipinski definition) is 3. The van der Waals surface area contributed by atoms with Crippen LogP contribution in [0.15, 0.2) is 18.5 Å². The number of aromatic nitrogens is 4. The Morgan fingerprint density at radius 1 is 1.45 bits per heavy atom. The van der Waals surface area contributed by atoms with Crippen molar-refractivity contribution >= 4 is 5.91 Å². The van der Waals surface area contributed by atoms with Crippen LogP contribution in [0.25, 0.3) is 0 Å². The third kappa shape index (κ3) is 2.77. The average molecular weight is 301 g/mol. The van der Waals surface area contributed by atoms with Crippen LogP contribution in [0.2, 0.25) is 0 Å². The fourth-order valence-electron chi connectivity index (χ4n) is 3.18. The molecule has 2 aromatic heterocycles. The zero-order valence-corrected chi connectivity index (χ0v) is 13.2. The minimum Gasteiger partial charge on any atom is -0.338 e. The Labute approximate surface area is 130 Å². The molecule has 2 aromatic rings. The van der Waals surface area contributed by atoms with E-state index in [0.29, 0.717) is 6.54 Å². The van der Waals surface area contributed by atoms with E-state index in [1.54, 1.807) is 15.8 Å². The predicted molar refractivity (Wildman–Crippen MR) is 83.3 cm³/mol. The summed E-state index contributed by atoms with van der Waals surface area (Å²) in [5, 5.41) is 11.8. The van der Waals surface area contributed by atoms with Gasteiger partial charge >= 0.3 is 0 Å². The molecule has 3 rings (SSSR count). The number of rotatable bonds is 5. The van der Waals surface area contributed by atoms with E-state index in [-0.39, 0.29) is 11.9 Å². The molecule has 6 nitrogen and oxygen atoms in total. The molecular formula is C16H23N5O. The van der Waals surface area contributed by atoms with E-state index in [1.807, 2.05) is 26.2 Å². The molecule has 2 heterocycles. The number of aryl methyl sites for hydroxylation is 1. The molecule has 1 aliphatic carbocycles. The number of likely N-dealkylation sites (N-methyl/N-ethyl adjacent to an activating group) is 1. The summed E-state index contributed by atoms with van der Waals surface area (Å²) in [4.78, 5) is 14.5. The lowest BCUT2D eigenvalue weighted by Gasteiger charge is -2.23. The normalized spacial score (nSPS) is 15.4. The zero-order chi connectivity index (χ0) is 15.5. The molecule has 6 heteroatoms. The third-order valence-electron chi connectivity index (χ3n) is 4.42. The second-order valence-electron chi connectivity index (χ2n) is 5.94. The van der Waals surface area contributed by atoms with Gasteiger partial charge in [0, 0.05) is 25.1 Å². The number of aromatic amines is 1. The highest BCUT2D eigenvalue weighted by Gasteiger charge is 2.25. The molecular weight excluding hydrogens is 278 g/mol. The van der Waals surface area contributed by atoms with Crippen molar-refractivity contribution in [1.82, 2.24) is 24.9 Å². The quantitative estimate of drug-likeness (QED) is 0.919. The first kappa shape index (κ1) is 14.8. The summed E-state index contributed by atoms with van der Waals surface area (Å²) < 4.78 is 1.73. The van der Waals surface area contributed by atoms with Crippen LogP contribution in [0.3, 0.4) is 0 Å². The van der Waals surface area contributed by atoms with Crippen LogP contribution in [0, 0.1) is 0 Å². The smallest absolute Gasteiger partial charge is 0.247 e. The Kier molecular flexibility index (Phi) is 4.27. The number of nitrogens with zero attached hydrogens (tertiary/aromatic N) is 4. The molecule has 0 radical (unpaired) electrons. The van der Waals surface area contributed by atoms with Crippen molar-refractivity contribution in [3.63, 3.8) is 0 Å². The summed E-state index contributed by atoms with van der Waals surface area (Å²) >= 11 is 0. The second-order valence-corrected chi connectivity index (χ2v) is 5.94. The number of hydrogen-bond donors (Lipinski definition) is 1. The Bertz CT molecular complexity index is 631. The van der Waals surface area contributed by atoms with Gasteiger partial charge in [0.15, 0.2) is 0 Å². The maximum atomic E-state index is 12.7. The van der Waals surface area contributed by atoms with Crippen molar-refractivity contribution < 1.29 is 4.79 Å². The molecule has 1 atom stereocenters. The van der Waals surface area contributed by atoms with E-state index in [0.717, 1.165) is 25.0 Å². The highest BCUT2D eigenvalue weighted by Crippen LogP contribution is 2.23. The standard InChI is InChI=1S/C16H23N5O/c1-3-15(21-10-6-9-17-21)16(22)20(2)11-14-12-7-4-5-8-13(12)18-19-14/h6,9-10,15H,3-5,7-8,11H2,1-2H3,(H,18,19)/t15-/m0/s1. The van der Waals surface area contributed by atoms with Crippen LogP contribution >= 0.6 is 0 Å². The lowest BCUT2D eigenvalue weighted by molar-refractivity contribution is -0.134. The fraction of sp³-hybridized carbons (Fsp3) is 0.562. The number of nitrogens with one attached hydrogen (secondary N) is 1. The SMILES string of the molecule is CC[C@@H](C(=O)N(C)Cc1n[nH]c2c1CCCC2)n1cccn1. The molecule has 0 bridgehead atoms. The molecule has 0 aromatic carbocycles. The van der Waals surface area contributed by atoms with E-state index < -0.39 is 0 Å². The van der Waals surface area contributed by atoms with Gasteiger partial charge < -0.3 is 4.90 Å². The van der Waals surface area contributed by atoms with Crippen molar-refractivity contribution in [2.24, 2.45) is 0 Å². The van der Waals surface area contributed by atoms with Crippen molar-refractivity contribution in [2.75, 3.05) is 7.05 Å². The topological polar surface area (TPSA) is 66.8 Å². The average Bonchev–Trinajstić information content (AvgIpc) is 3.18. The largest absolute Gasteiger partial charge is 0.338 e. The van der Waals surface area contributed by atoms with Crippen LogP contribution in [0.1, 0.15) is 49.2 Å². The zero-order valence-electron chi connectivity index (χ0n) is 13.2. The maximum absolute atomic E-state index is 12.7. The number of carbonyl (C=O) groups is 1. The first-order valence-electron chi connectivity index (χ1n) is 7.99. The predicted octanol–water partition coefficient (Wildman–Crippen LogP) is 2.09. The van der Waals surface area contributed by atoms with Gasteiger partial charge in [0.1, 0.15) is 6.04 Å². The van der Waals surface area contributed by atoms with Gasteiger partial charge in [-0.1, -0.05) is 6.92 Å². The lowest BCUT2D eigenvalue weighted by atomic mass is 9.96. The van der Waals surface area contributed by atoms with Gasteiger partial charge in [-0.3, -0.25) is 14.6 Å². The molecule has 0 unspecified atom stereocenters. The fourth-order valence-corrected chi connectivity index (χ4v) is 3.18. The summed E-state index contributed by atoms with van der Waals surface area (Å²) in [5.41, 5.74) is 3.58. The molecule has 0 saturated carbocycles. The summed E-state index contributed by atoms with van der Waals surface area (Å²) in [5.74, 6) is 0.0822. The first-order chi connectivity index (χ1) is 10.7. The number of H-pyrrole nitrogens is 1. The monoisotopic (exact) mass is 301 g/mol. The van der Waals surface area contributed by atoms with Crippen LogP contribution in [0.5, 0.6) is 0 Å². The Morgan fingerprint density at radius 2 is 2.27 bits per heavy atom. The Hall–Kier alpha value is -2.11. The van der Waals surface area contributed by atoms with Crippen LogP contribution in [0.4, 0.5) is 0 Å². The first-order valence-corrected chi connectivity index (χ1v) is 7.99. The van der Waals surface area contributed by atoms with Crippen molar-refractivity contribution in [2.45, 2.75) is 51.6 Å². The molecule has 1 N–H and O–H groups in total. The summed E-state index contributed by atoms with van der Waals surface area (Å²) in [6, 6.07) is 1.61.